The Morgan fingerprint density at radius 3 is 2.92 bits per heavy atom. The van der Waals surface area contributed by atoms with Crippen molar-refractivity contribution in [2.75, 3.05) is 0 Å². The third-order valence-electron chi connectivity index (χ3n) is 3.39. The molecule has 0 aliphatic rings. The molecule has 0 aromatic carbocycles. The van der Waals surface area contributed by atoms with Gasteiger partial charge in [0.15, 0.2) is 11.0 Å². The number of nitrogens with zero attached hydrogens (tertiary/aromatic N) is 4. The first kappa shape index (κ1) is 16.3. The first-order chi connectivity index (χ1) is 11.6. The van der Waals surface area contributed by atoms with Gasteiger partial charge in [-0.2, -0.15) is 0 Å². The van der Waals surface area contributed by atoms with E-state index in [2.05, 4.69) is 26.7 Å². The van der Waals surface area contributed by atoms with Gasteiger partial charge in [0.1, 0.15) is 11.6 Å². The second kappa shape index (κ2) is 6.88. The Bertz CT molecular complexity index is 925. The van der Waals surface area contributed by atoms with E-state index >= 15 is 0 Å². The zero-order chi connectivity index (χ0) is 17.1. The molecular formula is C16H17N5O2S. The van der Waals surface area contributed by atoms with Crippen LogP contribution in [0.3, 0.4) is 0 Å². The topological polar surface area (TPSA) is 89.6 Å². The molecule has 0 radical (unpaired) electrons. The average molecular weight is 343 g/mol. The largest absolute Gasteiger partial charge is 0.469 e. The highest BCUT2D eigenvalue weighted by Crippen LogP contribution is 2.28. The monoisotopic (exact) mass is 343 g/mol. The number of aryl methyl sites for hydroxylation is 2. The standard InChI is InChI=1S/C16H17N5O2S/c1-4-6-21-15(12-5-7-23-11(12)3)19-20-16(21)24-9-13-17-10(2)8-14(22)18-13/h4-5,7-8H,1,6,9H2,2-3H3,(H,17,18,22). The van der Waals surface area contributed by atoms with Crippen LogP contribution in [-0.2, 0) is 12.3 Å². The lowest BCUT2D eigenvalue weighted by Gasteiger charge is -2.07. The molecule has 7 nitrogen and oxygen atoms in total. The molecule has 1 N–H and O–H groups in total. The Morgan fingerprint density at radius 1 is 1.42 bits per heavy atom. The van der Waals surface area contributed by atoms with Crippen LogP contribution in [0.1, 0.15) is 17.3 Å². The summed E-state index contributed by atoms with van der Waals surface area (Å²) in [5.41, 5.74) is 1.44. The normalized spacial score (nSPS) is 10.9. The van der Waals surface area contributed by atoms with E-state index < -0.39 is 0 Å². The van der Waals surface area contributed by atoms with Gasteiger partial charge in [0.05, 0.1) is 17.6 Å². The predicted molar refractivity (Wildman–Crippen MR) is 91.8 cm³/mol. The molecule has 0 bridgehead atoms. The Hall–Kier alpha value is -2.61. The third kappa shape index (κ3) is 3.33. The molecule has 124 valence electrons. The minimum Gasteiger partial charge on any atom is -0.469 e. The number of thioether (sulfide) groups is 1. The summed E-state index contributed by atoms with van der Waals surface area (Å²) in [4.78, 5) is 18.6. The van der Waals surface area contributed by atoms with Gasteiger partial charge in [-0.15, -0.1) is 16.8 Å². The molecule has 3 heterocycles. The average Bonchev–Trinajstić information content (AvgIpc) is 3.11. The highest BCUT2D eigenvalue weighted by Gasteiger charge is 2.17. The van der Waals surface area contributed by atoms with Gasteiger partial charge in [-0.05, 0) is 19.9 Å². The molecule has 0 atom stereocenters. The number of aromatic amines is 1. The van der Waals surface area contributed by atoms with Crippen molar-refractivity contribution in [3.8, 4) is 11.4 Å². The highest BCUT2D eigenvalue weighted by molar-refractivity contribution is 7.98. The Balaban J connectivity index is 1.88. The minimum atomic E-state index is -0.152. The molecule has 0 unspecified atom stereocenters. The van der Waals surface area contributed by atoms with Crippen LogP contribution >= 0.6 is 11.8 Å². The van der Waals surface area contributed by atoms with Crippen LogP contribution in [0, 0.1) is 13.8 Å². The molecule has 0 saturated carbocycles. The van der Waals surface area contributed by atoms with Crippen LogP contribution < -0.4 is 5.56 Å². The van der Waals surface area contributed by atoms with Gasteiger partial charge in [-0.25, -0.2) is 4.98 Å². The quantitative estimate of drug-likeness (QED) is 0.547. The van der Waals surface area contributed by atoms with Crippen molar-refractivity contribution in [2.45, 2.75) is 31.3 Å². The summed E-state index contributed by atoms with van der Waals surface area (Å²) in [5.74, 6) is 2.62. The molecule has 8 heteroatoms. The second-order valence-electron chi connectivity index (χ2n) is 5.22. The maximum absolute atomic E-state index is 11.5. The summed E-state index contributed by atoms with van der Waals surface area (Å²) >= 11 is 1.46. The maximum atomic E-state index is 11.5. The van der Waals surface area contributed by atoms with Crippen LogP contribution in [-0.4, -0.2) is 24.7 Å². The van der Waals surface area contributed by atoms with E-state index in [1.807, 2.05) is 17.6 Å². The fourth-order valence-corrected chi connectivity index (χ4v) is 3.17. The lowest BCUT2D eigenvalue weighted by atomic mass is 10.2. The minimum absolute atomic E-state index is 0.152. The van der Waals surface area contributed by atoms with E-state index in [0.29, 0.717) is 23.8 Å². The van der Waals surface area contributed by atoms with Crippen molar-refractivity contribution in [1.29, 1.82) is 0 Å². The van der Waals surface area contributed by atoms with E-state index in [4.69, 9.17) is 4.42 Å². The molecule has 3 aromatic rings. The summed E-state index contributed by atoms with van der Waals surface area (Å²) in [6.45, 7) is 8.05. The summed E-state index contributed by atoms with van der Waals surface area (Å²) in [5, 5.41) is 9.27. The number of H-pyrrole nitrogens is 1. The van der Waals surface area contributed by atoms with Crippen molar-refractivity contribution in [3.63, 3.8) is 0 Å². The van der Waals surface area contributed by atoms with Crippen molar-refractivity contribution in [1.82, 2.24) is 24.7 Å². The number of allylic oxidation sites excluding steroid dienone is 1. The lowest BCUT2D eigenvalue weighted by Crippen LogP contribution is -2.10. The molecular weight excluding hydrogens is 326 g/mol. The number of rotatable bonds is 6. The number of nitrogens with one attached hydrogen (secondary N) is 1. The van der Waals surface area contributed by atoms with Crippen LogP contribution in [0.5, 0.6) is 0 Å². The first-order valence-corrected chi connectivity index (χ1v) is 8.35. The second-order valence-corrected chi connectivity index (χ2v) is 6.16. The molecule has 0 fully saturated rings. The van der Waals surface area contributed by atoms with Crippen LogP contribution in [0.2, 0.25) is 0 Å². The molecule has 3 aromatic heterocycles. The van der Waals surface area contributed by atoms with Crippen LogP contribution in [0.4, 0.5) is 0 Å². The molecule has 0 spiro atoms. The van der Waals surface area contributed by atoms with Gasteiger partial charge in [0, 0.05) is 18.3 Å². The van der Waals surface area contributed by atoms with E-state index in [1.54, 1.807) is 19.3 Å². The third-order valence-corrected chi connectivity index (χ3v) is 4.36. The number of furan rings is 1. The smallest absolute Gasteiger partial charge is 0.251 e. The summed E-state index contributed by atoms with van der Waals surface area (Å²) in [6, 6.07) is 3.33. The molecule has 0 saturated heterocycles. The van der Waals surface area contributed by atoms with Crippen LogP contribution in [0.15, 0.2) is 45.4 Å². The molecule has 0 aliphatic heterocycles. The summed E-state index contributed by atoms with van der Waals surface area (Å²) in [6.07, 6.45) is 3.42. The Kier molecular flexibility index (Phi) is 4.66. The first-order valence-electron chi connectivity index (χ1n) is 7.36. The maximum Gasteiger partial charge on any atom is 0.251 e. The summed E-state index contributed by atoms with van der Waals surface area (Å²) < 4.78 is 7.32. The fourth-order valence-electron chi connectivity index (χ4n) is 2.35. The van der Waals surface area contributed by atoms with Gasteiger partial charge in [-0.3, -0.25) is 9.36 Å². The van der Waals surface area contributed by atoms with Gasteiger partial charge in [0.25, 0.3) is 5.56 Å². The molecule has 3 rings (SSSR count). The number of hydrogen-bond acceptors (Lipinski definition) is 6. The van der Waals surface area contributed by atoms with Gasteiger partial charge in [0.2, 0.25) is 0 Å². The van der Waals surface area contributed by atoms with Crippen molar-refractivity contribution in [3.05, 3.63) is 58.7 Å². The zero-order valence-electron chi connectivity index (χ0n) is 13.4. The van der Waals surface area contributed by atoms with E-state index in [-0.39, 0.29) is 5.56 Å². The predicted octanol–water partition coefficient (Wildman–Crippen LogP) is 2.72. The van der Waals surface area contributed by atoms with Crippen molar-refractivity contribution in [2.24, 2.45) is 0 Å². The van der Waals surface area contributed by atoms with Gasteiger partial charge < -0.3 is 9.40 Å². The number of aromatic nitrogens is 5. The van der Waals surface area contributed by atoms with Gasteiger partial charge >= 0.3 is 0 Å². The molecule has 24 heavy (non-hydrogen) atoms. The van der Waals surface area contributed by atoms with Crippen LogP contribution in [0.25, 0.3) is 11.4 Å². The van der Waals surface area contributed by atoms with E-state index in [9.17, 15) is 4.79 Å². The SMILES string of the molecule is C=CCn1c(SCc2nc(C)cc(=O)[nH]2)nnc1-c1ccoc1C. The molecule has 0 aliphatic carbocycles. The summed E-state index contributed by atoms with van der Waals surface area (Å²) in [7, 11) is 0. The zero-order valence-corrected chi connectivity index (χ0v) is 14.3. The van der Waals surface area contributed by atoms with Crippen molar-refractivity contribution >= 4 is 11.8 Å². The van der Waals surface area contributed by atoms with Gasteiger partial charge in [-0.1, -0.05) is 17.8 Å². The van der Waals surface area contributed by atoms with E-state index in [0.717, 1.165) is 22.3 Å². The molecule has 0 amide bonds. The van der Waals surface area contributed by atoms with Crippen molar-refractivity contribution < 1.29 is 4.42 Å². The Morgan fingerprint density at radius 2 is 2.25 bits per heavy atom. The number of hydrogen-bond donors (Lipinski definition) is 1. The Labute approximate surface area is 142 Å². The lowest BCUT2D eigenvalue weighted by molar-refractivity contribution is 0.534. The van der Waals surface area contributed by atoms with E-state index in [1.165, 1.54) is 17.8 Å². The fraction of sp³-hybridized carbons (Fsp3) is 0.250. The highest BCUT2D eigenvalue weighted by atomic mass is 32.2.